The van der Waals surface area contributed by atoms with Crippen molar-refractivity contribution in [2.24, 2.45) is 0 Å². The van der Waals surface area contributed by atoms with Crippen LogP contribution in [0.4, 0.5) is 0 Å². The van der Waals surface area contributed by atoms with E-state index in [1.54, 1.807) is 30.7 Å². The van der Waals surface area contributed by atoms with E-state index in [0.717, 1.165) is 10.9 Å². The van der Waals surface area contributed by atoms with Crippen LogP contribution < -0.4 is 5.32 Å². The first kappa shape index (κ1) is 21.5. The van der Waals surface area contributed by atoms with Gasteiger partial charge in [-0.3, -0.25) is 14.7 Å². The molecule has 1 aliphatic heterocycles. The number of piperazine rings is 1. The average molecular weight is 443 g/mol. The van der Waals surface area contributed by atoms with Gasteiger partial charge in [0.25, 0.3) is 0 Å². The lowest BCUT2D eigenvalue weighted by molar-refractivity contribution is -0.123. The number of hydrogen-bond acceptors (Lipinski definition) is 6. The molecule has 1 N–H and O–H groups in total. The number of carbonyl (C=O) groups is 1. The van der Waals surface area contributed by atoms with E-state index in [1.165, 1.54) is 4.31 Å². The fourth-order valence-corrected chi connectivity index (χ4v) is 5.40. The van der Waals surface area contributed by atoms with E-state index in [0.29, 0.717) is 37.5 Å². The molecule has 8 nitrogen and oxygen atoms in total. The Morgan fingerprint density at radius 2 is 1.97 bits per heavy atom. The van der Waals surface area contributed by atoms with Gasteiger partial charge in [-0.1, -0.05) is 12.1 Å². The smallest absolute Gasteiger partial charge is 0.245 e. The molecule has 3 aromatic rings. The molecule has 1 atom stereocenters. The molecule has 1 fully saturated rings. The van der Waals surface area contributed by atoms with Crippen LogP contribution in [0.25, 0.3) is 10.9 Å². The number of nitrogens with one attached hydrogen (secondary N) is 1. The zero-order chi connectivity index (χ0) is 22.0. The zero-order valence-electron chi connectivity index (χ0n) is 17.6. The van der Waals surface area contributed by atoms with Gasteiger partial charge in [0.1, 0.15) is 10.7 Å². The summed E-state index contributed by atoms with van der Waals surface area (Å²) >= 11 is 0. The fraction of sp³-hybridized carbons (Fsp3) is 0.364. The summed E-state index contributed by atoms with van der Waals surface area (Å²) in [7, 11) is -3.67. The van der Waals surface area contributed by atoms with Gasteiger partial charge in [-0.2, -0.15) is 4.31 Å². The Balaban J connectivity index is 1.39. The number of fused-ring (bicyclic) bond motifs is 1. The summed E-state index contributed by atoms with van der Waals surface area (Å²) in [5.41, 5.74) is 1.47. The molecule has 4 rings (SSSR count). The van der Waals surface area contributed by atoms with Gasteiger partial charge in [-0.25, -0.2) is 8.42 Å². The second kappa shape index (κ2) is 8.78. The lowest BCUT2D eigenvalue weighted by Gasteiger charge is -2.33. The highest BCUT2D eigenvalue weighted by atomic mass is 32.2. The van der Waals surface area contributed by atoms with Gasteiger partial charge >= 0.3 is 0 Å². The van der Waals surface area contributed by atoms with Crippen molar-refractivity contribution in [1.82, 2.24) is 19.5 Å². The second-order valence-corrected chi connectivity index (χ2v) is 9.73. The Kier molecular flexibility index (Phi) is 6.08. The third-order valence-corrected chi connectivity index (χ3v) is 7.40. The predicted octanol–water partition coefficient (Wildman–Crippen LogP) is 2.32. The Morgan fingerprint density at radius 3 is 2.68 bits per heavy atom. The van der Waals surface area contributed by atoms with Crippen LogP contribution in [0, 0.1) is 6.92 Å². The molecule has 0 saturated carbocycles. The molecular weight excluding hydrogens is 416 g/mol. The number of furan rings is 1. The molecule has 0 aliphatic carbocycles. The molecule has 1 aliphatic rings. The summed E-state index contributed by atoms with van der Waals surface area (Å²) in [5.74, 6) is 0.581. The van der Waals surface area contributed by atoms with Crippen molar-refractivity contribution >= 4 is 26.8 Å². The molecule has 31 heavy (non-hydrogen) atoms. The van der Waals surface area contributed by atoms with Gasteiger partial charge in [-0.05, 0) is 43.7 Å². The van der Waals surface area contributed by atoms with Crippen LogP contribution in [0.15, 0.2) is 58.2 Å². The van der Waals surface area contributed by atoms with Crippen LogP contribution in [0.5, 0.6) is 0 Å². The quantitative estimate of drug-likeness (QED) is 0.630. The predicted molar refractivity (Wildman–Crippen MR) is 117 cm³/mol. The molecule has 1 amide bonds. The van der Waals surface area contributed by atoms with Crippen molar-refractivity contribution in [2.45, 2.75) is 24.8 Å². The fourth-order valence-electron chi connectivity index (χ4n) is 3.82. The Labute approximate surface area is 181 Å². The minimum atomic E-state index is -3.67. The zero-order valence-corrected chi connectivity index (χ0v) is 18.4. The lowest BCUT2D eigenvalue weighted by atomic mass is 10.2. The number of amides is 1. The van der Waals surface area contributed by atoms with Crippen molar-refractivity contribution in [1.29, 1.82) is 0 Å². The highest BCUT2D eigenvalue weighted by Crippen LogP contribution is 2.25. The first-order valence-corrected chi connectivity index (χ1v) is 11.7. The highest BCUT2D eigenvalue weighted by Gasteiger charge is 2.30. The second-order valence-electron chi connectivity index (χ2n) is 7.83. The van der Waals surface area contributed by atoms with Gasteiger partial charge in [0.05, 0.1) is 24.4 Å². The molecule has 0 bridgehead atoms. The normalized spacial score (nSPS) is 17.0. The van der Waals surface area contributed by atoms with E-state index >= 15 is 0 Å². The van der Waals surface area contributed by atoms with Crippen LogP contribution >= 0.6 is 0 Å². The number of rotatable bonds is 6. The number of nitrogens with zero attached hydrogens (tertiary/aromatic N) is 3. The monoisotopic (exact) mass is 442 g/mol. The Morgan fingerprint density at radius 1 is 1.19 bits per heavy atom. The van der Waals surface area contributed by atoms with Crippen LogP contribution in [0.1, 0.15) is 24.3 Å². The van der Waals surface area contributed by atoms with Gasteiger partial charge in [-0.15, -0.1) is 0 Å². The number of carbonyl (C=O) groups excluding carboxylic acids is 1. The van der Waals surface area contributed by atoms with Crippen LogP contribution in [-0.2, 0) is 14.8 Å². The topological polar surface area (TPSA) is 95.8 Å². The molecule has 164 valence electrons. The number of pyridine rings is 1. The molecule has 0 spiro atoms. The summed E-state index contributed by atoms with van der Waals surface area (Å²) in [6, 6.07) is 10.5. The molecule has 9 heteroatoms. The summed E-state index contributed by atoms with van der Waals surface area (Å²) in [5, 5.41) is 3.71. The standard InChI is InChI=1S/C22H26N4O4S/c1-16-13-18-5-3-7-20(22(18)23-14-16)31(28,29)26-10-8-25(9-11-26)15-21(27)24-17(2)19-6-4-12-30-19/h3-7,12-14,17H,8-11,15H2,1-2H3,(H,24,27). The maximum absolute atomic E-state index is 13.3. The van der Waals surface area contributed by atoms with E-state index in [9.17, 15) is 13.2 Å². The van der Waals surface area contributed by atoms with E-state index < -0.39 is 10.0 Å². The van der Waals surface area contributed by atoms with Crippen molar-refractivity contribution in [3.8, 4) is 0 Å². The Bertz CT molecular complexity index is 1170. The Hall–Kier alpha value is -2.75. The lowest BCUT2D eigenvalue weighted by Crippen LogP contribution is -2.51. The van der Waals surface area contributed by atoms with E-state index in [4.69, 9.17) is 4.42 Å². The van der Waals surface area contributed by atoms with Crippen molar-refractivity contribution < 1.29 is 17.6 Å². The number of sulfonamides is 1. The van der Waals surface area contributed by atoms with Gasteiger partial charge in [0.15, 0.2) is 0 Å². The SMILES string of the molecule is Cc1cnc2c(S(=O)(=O)N3CCN(CC(=O)NC(C)c4ccco4)CC3)cccc2c1. The summed E-state index contributed by atoms with van der Waals surface area (Å²) in [6.45, 7) is 5.63. The van der Waals surface area contributed by atoms with Crippen LogP contribution in [0.3, 0.4) is 0 Å². The molecule has 1 saturated heterocycles. The molecule has 2 aromatic heterocycles. The summed E-state index contributed by atoms with van der Waals surface area (Å²) < 4.78 is 33.3. The number of benzene rings is 1. The van der Waals surface area contributed by atoms with E-state index in [2.05, 4.69) is 10.3 Å². The minimum absolute atomic E-state index is 0.117. The van der Waals surface area contributed by atoms with Gasteiger partial charge in [0.2, 0.25) is 15.9 Å². The molecular formula is C22H26N4O4S. The molecule has 0 radical (unpaired) electrons. The number of aryl methyl sites for hydroxylation is 1. The maximum Gasteiger partial charge on any atom is 0.245 e. The van der Waals surface area contributed by atoms with Crippen molar-refractivity contribution in [3.05, 3.63) is 60.2 Å². The van der Waals surface area contributed by atoms with Crippen molar-refractivity contribution in [3.63, 3.8) is 0 Å². The number of hydrogen-bond donors (Lipinski definition) is 1. The van der Waals surface area contributed by atoms with Crippen molar-refractivity contribution in [2.75, 3.05) is 32.7 Å². The van der Waals surface area contributed by atoms with Gasteiger partial charge < -0.3 is 9.73 Å². The molecule has 1 aromatic carbocycles. The van der Waals surface area contributed by atoms with E-state index in [1.807, 2.05) is 36.9 Å². The third kappa shape index (κ3) is 4.63. The van der Waals surface area contributed by atoms with Crippen LogP contribution in [0.2, 0.25) is 0 Å². The first-order valence-electron chi connectivity index (χ1n) is 10.3. The average Bonchev–Trinajstić information content (AvgIpc) is 3.28. The maximum atomic E-state index is 13.3. The van der Waals surface area contributed by atoms with E-state index in [-0.39, 0.29) is 23.4 Å². The minimum Gasteiger partial charge on any atom is -0.467 e. The number of aromatic nitrogens is 1. The number of para-hydroxylation sites is 1. The largest absolute Gasteiger partial charge is 0.467 e. The first-order chi connectivity index (χ1) is 14.8. The van der Waals surface area contributed by atoms with Crippen LogP contribution in [-0.4, -0.2) is 61.2 Å². The third-order valence-electron chi connectivity index (χ3n) is 5.47. The summed E-state index contributed by atoms with van der Waals surface area (Å²) in [6.07, 6.45) is 3.26. The molecule has 3 heterocycles. The summed E-state index contributed by atoms with van der Waals surface area (Å²) in [4.78, 5) is 18.9. The van der Waals surface area contributed by atoms with Gasteiger partial charge in [0, 0.05) is 37.8 Å². The highest BCUT2D eigenvalue weighted by molar-refractivity contribution is 7.89. The molecule has 1 unspecified atom stereocenters.